The van der Waals surface area contributed by atoms with E-state index in [1.807, 2.05) is 0 Å². The van der Waals surface area contributed by atoms with E-state index in [-0.39, 0.29) is 15.3 Å². The quantitative estimate of drug-likeness (QED) is 0.671. The summed E-state index contributed by atoms with van der Waals surface area (Å²) in [5.41, 5.74) is 5.62. The standard InChI is InChI=1S/C9H7Cl2N2O3P/c1-5-2-3-6(7(4-5)17(11)16)8(14)13(10)9(12)15/h2-4H,1H3,(H-,12,15)/p+1. The van der Waals surface area contributed by atoms with Gasteiger partial charge in [-0.25, -0.2) is 4.79 Å². The minimum atomic E-state index is -2.25. The molecule has 0 aliphatic heterocycles. The zero-order valence-corrected chi connectivity index (χ0v) is 11.1. The third kappa shape index (κ3) is 3.16. The third-order valence-electron chi connectivity index (χ3n) is 1.94. The van der Waals surface area contributed by atoms with Crippen molar-refractivity contribution in [1.29, 1.82) is 0 Å². The summed E-state index contributed by atoms with van der Waals surface area (Å²) in [7, 11) is -2.25. The fraction of sp³-hybridized carbons (Fsp3) is 0.111. The minimum absolute atomic E-state index is 0.0134. The molecule has 0 saturated heterocycles. The molecule has 17 heavy (non-hydrogen) atoms. The Balaban J connectivity index is 3.27. The molecular weight excluding hydrogens is 286 g/mol. The smallest absolute Gasteiger partial charge is 0.350 e. The van der Waals surface area contributed by atoms with Gasteiger partial charge in [0.2, 0.25) is 16.5 Å². The van der Waals surface area contributed by atoms with Gasteiger partial charge in [-0.1, -0.05) is 6.07 Å². The van der Waals surface area contributed by atoms with Gasteiger partial charge < -0.3 is 5.73 Å². The SMILES string of the molecule is Cc1ccc(C(=O)N(Cl)C(N)=O)c([P+](=O)Cl)c1. The first kappa shape index (κ1) is 13.9. The molecule has 0 aliphatic rings. The van der Waals surface area contributed by atoms with Crippen LogP contribution in [0.5, 0.6) is 0 Å². The average Bonchev–Trinajstić information content (AvgIpc) is 2.26. The van der Waals surface area contributed by atoms with E-state index in [1.165, 1.54) is 12.1 Å². The maximum Gasteiger partial charge on any atom is 0.494 e. The number of carbonyl (C=O) groups excluding carboxylic acids is 2. The van der Waals surface area contributed by atoms with E-state index < -0.39 is 19.1 Å². The number of nitrogens with zero attached hydrogens (tertiary/aromatic N) is 1. The summed E-state index contributed by atoms with van der Waals surface area (Å²) in [6, 6.07) is 3.37. The van der Waals surface area contributed by atoms with Crippen molar-refractivity contribution in [3.05, 3.63) is 29.3 Å². The van der Waals surface area contributed by atoms with Gasteiger partial charge >= 0.3 is 13.2 Å². The number of hydrogen-bond acceptors (Lipinski definition) is 3. The van der Waals surface area contributed by atoms with Gasteiger partial charge in [0, 0.05) is 11.8 Å². The summed E-state index contributed by atoms with van der Waals surface area (Å²) >= 11 is 10.9. The number of carbonyl (C=O) groups is 2. The van der Waals surface area contributed by atoms with Crippen LogP contribution in [0.15, 0.2) is 18.2 Å². The maximum absolute atomic E-state index is 11.7. The summed E-state index contributed by atoms with van der Waals surface area (Å²) < 4.78 is 11.5. The second-order valence-corrected chi connectivity index (χ2v) is 5.42. The lowest BCUT2D eigenvalue weighted by Crippen LogP contribution is -2.35. The summed E-state index contributed by atoms with van der Waals surface area (Å²) in [4.78, 5) is 22.5. The summed E-state index contributed by atoms with van der Waals surface area (Å²) in [6.07, 6.45) is 0. The molecule has 2 N–H and O–H groups in total. The zero-order valence-electron chi connectivity index (χ0n) is 8.68. The number of primary amides is 1. The van der Waals surface area contributed by atoms with Crippen LogP contribution in [0.1, 0.15) is 15.9 Å². The van der Waals surface area contributed by atoms with Crippen LogP contribution in [0.3, 0.4) is 0 Å². The van der Waals surface area contributed by atoms with Gasteiger partial charge in [0.1, 0.15) is 0 Å². The normalized spacial score (nSPS) is 10.9. The summed E-state index contributed by atoms with van der Waals surface area (Å²) in [5.74, 6) is -0.863. The Morgan fingerprint density at radius 1 is 1.41 bits per heavy atom. The zero-order chi connectivity index (χ0) is 13.2. The van der Waals surface area contributed by atoms with Crippen molar-refractivity contribution < 1.29 is 14.2 Å². The lowest BCUT2D eigenvalue weighted by molar-refractivity contribution is 0.0892. The molecule has 0 bridgehead atoms. The predicted molar refractivity (Wildman–Crippen MR) is 65.9 cm³/mol. The first-order valence-corrected chi connectivity index (χ1v) is 6.88. The number of amides is 3. The highest BCUT2D eigenvalue weighted by Crippen LogP contribution is 2.28. The van der Waals surface area contributed by atoms with Crippen molar-refractivity contribution >= 4 is 47.4 Å². The van der Waals surface area contributed by atoms with Crippen LogP contribution in [0.25, 0.3) is 0 Å². The lowest BCUT2D eigenvalue weighted by atomic mass is 10.1. The molecule has 0 aromatic heterocycles. The van der Waals surface area contributed by atoms with Crippen LogP contribution in [0.4, 0.5) is 4.79 Å². The van der Waals surface area contributed by atoms with E-state index in [9.17, 15) is 14.2 Å². The molecule has 0 radical (unpaired) electrons. The number of halogens is 2. The number of nitrogens with two attached hydrogens (primary N) is 1. The van der Waals surface area contributed by atoms with Gasteiger partial charge in [-0.3, -0.25) is 4.79 Å². The topological polar surface area (TPSA) is 80.5 Å². The second-order valence-electron chi connectivity index (χ2n) is 3.19. The molecule has 5 nitrogen and oxygen atoms in total. The van der Waals surface area contributed by atoms with Crippen LogP contribution in [0, 0.1) is 6.92 Å². The predicted octanol–water partition coefficient (Wildman–Crippen LogP) is 2.28. The van der Waals surface area contributed by atoms with Crippen LogP contribution in [-0.4, -0.2) is 16.4 Å². The largest absolute Gasteiger partial charge is 0.494 e. The van der Waals surface area contributed by atoms with E-state index in [1.54, 1.807) is 13.0 Å². The van der Waals surface area contributed by atoms with Crippen molar-refractivity contribution in [3.8, 4) is 0 Å². The number of hydrogen-bond donors (Lipinski definition) is 1. The maximum atomic E-state index is 11.7. The molecule has 0 fully saturated rings. The molecule has 1 atom stereocenters. The number of imide groups is 1. The van der Waals surface area contributed by atoms with Crippen molar-refractivity contribution in [2.75, 3.05) is 0 Å². The van der Waals surface area contributed by atoms with Gasteiger partial charge in [-0.15, -0.1) is 0 Å². The molecule has 8 heteroatoms. The number of aryl methyl sites for hydroxylation is 1. The van der Waals surface area contributed by atoms with E-state index in [4.69, 9.17) is 28.8 Å². The number of benzene rings is 1. The molecule has 0 aliphatic carbocycles. The molecule has 90 valence electrons. The monoisotopic (exact) mass is 293 g/mol. The van der Waals surface area contributed by atoms with Gasteiger partial charge in [-0.05, 0) is 29.2 Å². The van der Waals surface area contributed by atoms with Crippen molar-refractivity contribution in [3.63, 3.8) is 0 Å². The van der Waals surface area contributed by atoms with Gasteiger partial charge in [-0.2, -0.15) is 4.42 Å². The second kappa shape index (κ2) is 5.45. The van der Waals surface area contributed by atoms with Crippen LogP contribution >= 0.6 is 30.2 Å². The molecule has 0 saturated carbocycles. The number of rotatable bonds is 2. The Morgan fingerprint density at radius 2 is 2.00 bits per heavy atom. The Morgan fingerprint density at radius 3 is 2.47 bits per heavy atom. The Hall–Kier alpha value is -1.16. The molecular formula is C9H8Cl2N2O3P+. The molecule has 1 unspecified atom stereocenters. The van der Waals surface area contributed by atoms with Gasteiger partial charge in [0.25, 0.3) is 5.91 Å². The van der Waals surface area contributed by atoms with Crippen molar-refractivity contribution in [1.82, 2.24) is 4.42 Å². The molecule has 0 heterocycles. The van der Waals surface area contributed by atoms with E-state index in [0.717, 1.165) is 5.56 Å². The fourth-order valence-electron chi connectivity index (χ4n) is 1.17. The summed E-state index contributed by atoms with van der Waals surface area (Å²) in [6.45, 7) is 1.75. The average molecular weight is 294 g/mol. The Labute approximate surface area is 108 Å². The Kier molecular flexibility index (Phi) is 4.46. The van der Waals surface area contributed by atoms with Crippen molar-refractivity contribution in [2.45, 2.75) is 6.92 Å². The van der Waals surface area contributed by atoms with E-state index >= 15 is 0 Å². The van der Waals surface area contributed by atoms with Crippen LogP contribution in [0.2, 0.25) is 0 Å². The molecule has 1 aromatic rings. The first-order chi connectivity index (χ1) is 7.84. The lowest BCUT2D eigenvalue weighted by Gasteiger charge is -2.08. The van der Waals surface area contributed by atoms with E-state index in [0.29, 0.717) is 0 Å². The molecule has 3 amide bonds. The van der Waals surface area contributed by atoms with Crippen molar-refractivity contribution in [2.24, 2.45) is 5.73 Å². The number of urea groups is 1. The van der Waals surface area contributed by atoms with Crippen LogP contribution in [-0.2, 0) is 4.57 Å². The summed E-state index contributed by atoms with van der Waals surface area (Å²) in [5, 5.41) is 0.124. The highest BCUT2D eigenvalue weighted by molar-refractivity contribution is 7.80. The highest BCUT2D eigenvalue weighted by atomic mass is 35.7. The fourth-order valence-corrected chi connectivity index (χ4v) is 2.35. The van der Waals surface area contributed by atoms with E-state index in [2.05, 4.69) is 0 Å². The molecule has 1 rings (SSSR count). The molecule has 1 aromatic carbocycles. The van der Waals surface area contributed by atoms with Gasteiger partial charge in [0.15, 0.2) is 0 Å². The Bertz CT molecular complexity index is 507. The van der Waals surface area contributed by atoms with Gasteiger partial charge in [0.05, 0.1) is 5.56 Å². The third-order valence-corrected chi connectivity index (χ3v) is 3.56. The highest BCUT2D eigenvalue weighted by Gasteiger charge is 2.30. The minimum Gasteiger partial charge on any atom is -0.350 e. The first-order valence-electron chi connectivity index (χ1n) is 4.38. The molecule has 0 spiro atoms. The van der Waals surface area contributed by atoms with Crippen LogP contribution < -0.4 is 11.0 Å².